The Kier molecular flexibility index (Phi) is 8.92. The first kappa shape index (κ1) is 37.2. The van der Waals surface area contributed by atoms with Crippen LogP contribution in [0.5, 0.6) is 0 Å². The number of pyridine rings is 2. The van der Waals surface area contributed by atoms with Gasteiger partial charge in [0.1, 0.15) is 11.4 Å². The highest BCUT2D eigenvalue weighted by Gasteiger charge is 2.22. The van der Waals surface area contributed by atoms with E-state index < -0.39 is 0 Å². The summed E-state index contributed by atoms with van der Waals surface area (Å²) in [6, 6.07) is 32.0. The maximum atomic E-state index is 5.22. The molecule has 4 aromatic carbocycles. The summed E-state index contributed by atoms with van der Waals surface area (Å²) in [5, 5.41) is 28.2. The molecule has 0 aliphatic heterocycles. The van der Waals surface area contributed by atoms with E-state index in [2.05, 4.69) is 156 Å². The number of fused-ring (bicyclic) bond motifs is 4. The average molecular weight is 856 g/mol. The number of nitrogens with zero attached hydrogens (tertiary/aromatic N) is 6. The molecule has 0 fully saturated rings. The lowest BCUT2D eigenvalue weighted by Gasteiger charge is -2.09. The van der Waals surface area contributed by atoms with Crippen molar-refractivity contribution in [3.63, 3.8) is 0 Å². The fraction of sp³-hybridized carbons (Fsp3) is 0.0800. The Morgan fingerprint density at radius 2 is 1.38 bits per heavy atom. The molecule has 12 aromatic rings. The average Bonchev–Trinajstić information content (AvgIpc) is 4.18. The van der Waals surface area contributed by atoms with Crippen molar-refractivity contribution in [1.82, 2.24) is 55.6 Å². The van der Waals surface area contributed by atoms with Crippen LogP contribution in [0.4, 0.5) is 0 Å². The smallest absolute Gasteiger partial charge is 0.159 e. The van der Waals surface area contributed by atoms with Gasteiger partial charge in [-0.05, 0) is 124 Å². The maximum absolute atomic E-state index is 5.22. The molecule has 304 valence electrons. The van der Waals surface area contributed by atoms with Crippen molar-refractivity contribution in [1.29, 1.82) is 0 Å². The van der Waals surface area contributed by atoms with Crippen molar-refractivity contribution >= 4 is 66.5 Å². The van der Waals surface area contributed by atoms with Gasteiger partial charge in [0.25, 0.3) is 0 Å². The molecule has 5 N–H and O–H groups in total. The summed E-state index contributed by atoms with van der Waals surface area (Å²) in [4.78, 5) is 27.7. The Balaban J connectivity index is 0.942. The summed E-state index contributed by atoms with van der Waals surface area (Å²) in [5.41, 5.74) is 19.0. The third-order valence-electron chi connectivity index (χ3n) is 11.8. The second-order valence-electron chi connectivity index (χ2n) is 15.7. The number of para-hydroxylation sites is 2. The minimum Gasteiger partial charge on any atom is -0.337 e. The first-order valence-electron chi connectivity index (χ1n) is 20.7. The number of aromatic nitrogens is 10. The molecule has 0 saturated heterocycles. The summed E-state index contributed by atoms with van der Waals surface area (Å²) in [5.74, 6) is 1.42. The van der Waals surface area contributed by atoms with E-state index in [-0.39, 0.29) is 0 Å². The predicted octanol–water partition coefficient (Wildman–Crippen LogP) is 12.2. The van der Waals surface area contributed by atoms with E-state index in [1.165, 1.54) is 0 Å². The lowest BCUT2D eigenvalue weighted by molar-refractivity contribution is 0.724. The van der Waals surface area contributed by atoms with Gasteiger partial charge < -0.3 is 15.3 Å². The normalized spacial score (nSPS) is 11.8. The molecule has 11 nitrogen and oxygen atoms in total. The van der Waals surface area contributed by atoms with Crippen molar-refractivity contribution in [2.75, 3.05) is 6.54 Å². The quantitative estimate of drug-likeness (QED) is 0.0918. The van der Waals surface area contributed by atoms with Crippen LogP contribution in [0.1, 0.15) is 18.1 Å². The molecule has 0 atom stereocenters. The van der Waals surface area contributed by atoms with Crippen LogP contribution in [-0.2, 0) is 6.54 Å². The topological polar surface area (TPSA) is 153 Å². The van der Waals surface area contributed by atoms with Gasteiger partial charge in [0.05, 0.1) is 33.1 Å². The van der Waals surface area contributed by atoms with Crippen molar-refractivity contribution < 1.29 is 0 Å². The van der Waals surface area contributed by atoms with Crippen molar-refractivity contribution in [3.8, 4) is 78.0 Å². The van der Waals surface area contributed by atoms with Gasteiger partial charge in [-0.2, -0.15) is 21.5 Å². The number of aryl methyl sites for hydroxylation is 1. The largest absolute Gasteiger partial charge is 0.337 e. The van der Waals surface area contributed by atoms with Gasteiger partial charge in [-0.1, -0.05) is 37.3 Å². The van der Waals surface area contributed by atoms with Crippen LogP contribution >= 0.6 is 22.7 Å². The standard InChI is InChI=1S/C50H37N11S2/c1-3-51-21-28-16-32(23-53-22-28)29-10-11-40-36(17-29)47(60-58-40)49-54-42-9-5-7-35(46(42)57-49)33-20-43(63-26-33)37-18-31(39-24-52-14-12-27(39)2)19-38-44(37)59-61-48(38)50-55-41-8-4-6-34(45(41)56-50)30-13-15-62-25-30/h4-20,22-26,51H,3,21H2,1-2H3,(H,54,57)(H,55,56)(H,58,60)(H,59,61). The first-order valence-corrected chi connectivity index (χ1v) is 22.5. The number of imidazole rings is 2. The molecular formula is C50H37N11S2. The maximum Gasteiger partial charge on any atom is 0.159 e. The molecule has 13 heteroatoms. The minimum absolute atomic E-state index is 0.703. The summed E-state index contributed by atoms with van der Waals surface area (Å²) in [7, 11) is 0. The number of benzene rings is 4. The Hall–Kier alpha value is -7.58. The second-order valence-corrected chi connectivity index (χ2v) is 17.4. The van der Waals surface area contributed by atoms with E-state index in [1.54, 1.807) is 22.7 Å². The number of aromatic amines is 4. The monoisotopic (exact) mass is 855 g/mol. The predicted molar refractivity (Wildman–Crippen MR) is 257 cm³/mol. The Labute approximate surface area is 368 Å². The molecule has 0 saturated carbocycles. The summed E-state index contributed by atoms with van der Waals surface area (Å²) < 4.78 is 0. The molecule has 0 spiro atoms. The zero-order valence-electron chi connectivity index (χ0n) is 34.1. The SMILES string of the molecule is CCNCc1cncc(-c2ccc3[nH]nc(-c4nc5c(-c6csc(-c7cc(-c8cnccc8C)cc8c(-c9nc%10c(-c%11ccsc%11)cccc%10[nH]9)n[nH]c78)c6)cccc5[nH]4)c3c2)c1. The Bertz CT molecular complexity index is 3660. The van der Waals surface area contributed by atoms with Crippen LogP contribution < -0.4 is 5.32 Å². The van der Waals surface area contributed by atoms with E-state index in [9.17, 15) is 0 Å². The highest BCUT2D eigenvalue weighted by molar-refractivity contribution is 7.14. The van der Waals surface area contributed by atoms with Gasteiger partial charge >= 0.3 is 0 Å². The van der Waals surface area contributed by atoms with Gasteiger partial charge in [-0.15, -0.1) is 11.3 Å². The molecule has 0 amide bonds. The Morgan fingerprint density at radius 1 is 0.603 bits per heavy atom. The number of thiophene rings is 2. The highest BCUT2D eigenvalue weighted by Crippen LogP contribution is 2.43. The molecule has 8 heterocycles. The minimum atomic E-state index is 0.703. The molecule has 0 bridgehead atoms. The van der Waals surface area contributed by atoms with E-state index in [1.807, 2.05) is 24.8 Å². The van der Waals surface area contributed by atoms with Crippen LogP contribution in [0.2, 0.25) is 0 Å². The molecule has 0 radical (unpaired) electrons. The fourth-order valence-corrected chi connectivity index (χ4v) is 10.2. The third-order valence-corrected chi connectivity index (χ3v) is 13.4. The summed E-state index contributed by atoms with van der Waals surface area (Å²) in [6.07, 6.45) is 7.60. The number of rotatable bonds is 10. The van der Waals surface area contributed by atoms with E-state index in [4.69, 9.17) is 20.2 Å². The van der Waals surface area contributed by atoms with Crippen LogP contribution in [0.15, 0.2) is 132 Å². The molecular weight excluding hydrogens is 819 g/mol. The second kappa shape index (κ2) is 15.1. The van der Waals surface area contributed by atoms with E-state index in [0.717, 1.165) is 134 Å². The molecule has 0 unspecified atom stereocenters. The molecule has 12 rings (SSSR count). The van der Waals surface area contributed by atoms with Crippen LogP contribution in [-0.4, -0.2) is 56.8 Å². The van der Waals surface area contributed by atoms with Crippen molar-refractivity contribution in [3.05, 3.63) is 143 Å². The molecule has 0 aliphatic rings. The van der Waals surface area contributed by atoms with Gasteiger partial charge in [-0.25, -0.2) is 9.97 Å². The fourth-order valence-electron chi connectivity index (χ4n) is 8.59. The van der Waals surface area contributed by atoms with E-state index >= 15 is 0 Å². The zero-order chi connectivity index (χ0) is 42.0. The molecule has 63 heavy (non-hydrogen) atoms. The zero-order valence-corrected chi connectivity index (χ0v) is 35.7. The molecule has 8 aromatic heterocycles. The van der Waals surface area contributed by atoms with E-state index in [0.29, 0.717) is 11.6 Å². The van der Waals surface area contributed by atoms with Gasteiger partial charge in [-0.3, -0.25) is 20.2 Å². The number of H-pyrrole nitrogens is 4. The summed E-state index contributed by atoms with van der Waals surface area (Å²) >= 11 is 3.38. The summed E-state index contributed by atoms with van der Waals surface area (Å²) in [6.45, 7) is 5.91. The Morgan fingerprint density at radius 3 is 2.16 bits per heavy atom. The lowest BCUT2D eigenvalue weighted by atomic mass is 9.96. The van der Waals surface area contributed by atoms with Crippen molar-refractivity contribution in [2.45, 2.75) is 20.4 Å². The number of hydrogen-bond donors (Lipinski definition) is 5. The number of nitrogens with one attached hydrogen (secondary N) is 5. The third kappa shape index (κ3) is 6.44. The molecule has 0 aliphatic carbocycles. The lowest BCUT2D eigenvalue weighted by Crippen LogP contribution is -2.11. The van der Waals surface area contributed by atoms with Crippen LogP contribution in [0.3, 0.4) is 0 Å². The van der Waals surface area contributed by atoms with Gasteiger partial charge in [0.15, 0.2) is 11.6 Å². The first-order chi connectivity index (χ1) is 31.1. The van der Waals surface area contributed by atoms with Gasteiger partial charge in [0.2, 0.25) is 0 Å². The van der Waals surface area contributed by atoms with Gasteiger partial charge in [0, 0.05) is 74.8 Å². The number of hydrogen-bond acceptors (Lipinski definition) is 9. The highest BCUT2D eigenvalue weighted by atomic mass is 32.1. The van der Waals surface area contributed by atoms with Crippen molar-refractivity contribution in [2.24, 2.45) is 0 Å². The van der Waals surface area contributed by atoms with Crippen LogP contribution in [0.25, 0.3) is 122 Å². The van der Waals surface area contributed by atoms with Crippen LogP contribution in [0, 0.1) is 6.92 Å².